The monoisotopic (exact) mass is 224 g/mol. The van der Waals surface area contributed by atoms with Gasteiger partial charge in [0.15, 0.2) is 12.1 Å². The van der Waals surface area contributed by atoms with Crippen molar-refractivity contribution < 1.29 is 18.7 Å². The van der Waals surface area contributed by atoms with Gasteiger partial charge in [-0.2, -0.15) is 0 Å². The number of rotatable bonds is 3. The second-order valence-corrected chi connectivity index (χ2v) is 3.75. The summed E-state index contributed by atoms with van der Waals surface area (Å²) in [5.74, 6) is -1.35. The fourth-order valence-electron chi connectivity index (χ4n) is 2.07. The molecule has 1 aliphatic rings. The van der Waals surface area contributed by atoms with E-state index >= 15 is 0 Å². The van der Waals surface area contributed by atoms with E-state index in [1.165, 1.54) is 12.1 Å². The smallest absolute Gasteiger partial charge is 0.194 e. The van der Waals surface area contributed by atoms with Crippen LogP contribution in [0.2, 0.25) is 0 Å². The van der Waals surface area contributed by atoms with Crippen LogP contribution >= 0.6 is 0 Å². The van der Waals surface area contributed by atoms with E-state index in [1.54, 1.807) is 7.11 Å². The Morgan fingerprint density at radius 1 is 1.62 bits per heavy atom. The predicted molar refractivity (Wildman–Crippen MR) is 55.6 cm³/mol. The van der Waals surface area contributed by atoms with Crippen molar-refractivity contribution in [1.82, 2.24) is 0 Å². The summed E-state index contributed by atoms with van der Waals surface area (Å²) in [6.45, 7) is 2.23. The third kappa shape index (κ3) is 1.45. The van der Waals surface area contributed by atoms with Gasteiger partial charge in [0.1, 0.15) is 5.82 Å². The minimum atomic E-state index is -0.833. The molecule has 0 amide bonds. The number of carbonyl (C=O) groups is 1. The van der Waals surface area contributed by atoms with Crippen LogP contribution in [0.3, 0.4) is 0 Å². The van der Waals surface area contributed by atoms with Gasteiger partial charge < -0.3 is 9.47 Å². The van der Waals surface area contributed by atoms with Gasteiger partial charge in [-0.05, 0) is 17.7 Å². The first kappa shape index (κ1) is 11.2. The first-order valence-corrected chi connectivity index (χ1v) is 5.14. The highest BCUT2D eigenvalue weighted by Crippen LogP contribution is 2.40. The highest BCUT2D eigenvalue weighted by atomic mass is 19.1. The number of hydrogen-bond acceptors (Lipinski definition) is 3. The Hall–Kier alpha value is -1.26. The molecule has 0 radical (unpaired) electrons. The molecule has 0 unspecified atom stereocenters. The van der Waals surface area contributed by atoms with Crippen molar-refractivity contribution in [2.24, 2.45) is 0 Å². The van der Waals surface area contributed by atoms with Crippen molar-refractivity contribution >= 4 is 6.29 Å². The molecule has 1 aromatic carbocycles. The van der Waals surface area contributed by atoms with Crippen LogP contribution in [-0.4, -0.2) is 13.4 Å². The van der Waals surface area contributed by atoms with Gasteiger partial charge in [-0.3, -0.25) is 4.79 Å². The van der Waals surface area contributed by atoms with Crippen molar-refractivity contribution in [3.8, 4) is 0 Å². The number of methoxy groups -OCH3 is 1. The van der Waals surface area contributed by atoms with Crippen LogP contribution in [0.5, 0.6) is 0 Å². The van der Waals surface area contributed by atoms with E-state index in [4.69, 9.17) is 9.47 Å². The third-order valence-electron chi connectivity index (χ3n) is 3.02. The highest BCUT2D eigenvalue weighted by Gasteiger charge is 2.39. The van der Waals surface area contributed by atoms with Crippen LogP contribution in [0.1, 0.15) is 34.8 Å². The standard InChI is InChI=1S/C12H13FO3/c1-3-12(15-2)10-4-8(6-14)11(13)5-9(10)7-16-12/h4-6H,3,7H2,1-2H3/t12-/m0/s1. The zero-order valence-electron chi connectivity index (χ0n) is 9.25. The molecule has 86 valence electrons. The normalized spacial score (nSPS) is 23.2. The van der Waals surface area contributed by atoms with E-state index in [-0.39, 0.29) is 5.56 Å². The summed E-state index contributed by atoms with van der Waals surface area (Å²) in [6.07, 6.45) is 1.12. The van der Waals surface area contributed by atoms with Gasteiger partial charge in [0.25, 0.3) is 0 Å². The fourth-order valence-corrected chi connectivity index (χ4v) is 2.07. The second-order valence-electron chi connectivity index (χ2n) is 3.75. The Morgan fingerprint density at radius 3 is 2.94 bits per heavy atom. The lowest BCUT2D eigenvalue weighted by molar-refractivity contribution is -0.225. The van der Waals surface area contributed by atoms with Crippen LogP contribution in [0.25, 0.3) is 0 Å². The van der Waals surface area contributed by atoms with Gasteiger partial charge >= 0.3 is 0 Å². The van der Waals surface area contributed by atoms with Gasteiger partial charge in [-0.25, -0.2) is 4.39 Å². The molecule has 0 bridgehead atoms. The SMILES string of the molecule is CC[C@]1(OC)OCc2cc(F)c(C=O)cc21. The predicted octanol–water partition coefficient (Wildman–Crippen LogP) is 2.38. The quantitative estimate of drug-likeness (QED) is 0.739. The van der Waals surface area contributed by atoms with E-state index in [0.717, 1.165) is 11.1 Å². The largest absolute Gasteiger partial charge is 0.349 e. The minimum absolute atomic E-state index is 0.0409. The maximum atomic E-state index is 13.4. The van der Waals surface area contributed by atoms with Crippen LogP contribution in [0.15, 0.2) is 12.1 Å². The van der Waals surface area contributed by atoms with Crippen molar-refractivity contribution in [2.45, 2.75) is 25.7 Å². The molecule has 1 atom stereocenters. The van der Waals surface area contributed by atoms with E-state index in [0.29, 0.717) is 19.3 Å². The highest BCUT2D eigenvalue weighted by molar-refractivity contribution is 5.76. The van der Waals surface area contributed by atoms with Gasteiger partial charge in [0, 0.05) is 19.1 Å². The van der Waals surface area contributed by atoms with Gasteiger partial charge in [0.05, 0.1) is 12.2 Å². The second kappa shape index (κ2) is 3.96. The Bertz CT molecular complexity index is 425. The Labute approximate surface area is 93.2 Å². The minimum Gasteiger partial charge on any atom is -0.349 e. The first-order valence-electron chi connectivity index (χ1n) is 5.14. The molecular formula is C12H13FO3. The molecule has 0 saturated heterocycles. The fraction of sp³-hybridized carbons (Fsp3) is 0.417. The maximum absolute atomic E-state index is 13.4. The van der Waals surface area contributed by atoms with Gasteiger partial charge in [-0.1, -0.05) is 6.92 Å². The van der Waals surface area contributed by atoms with Crippen molar-refractivity contribution in [2.75, 3.05) is 7.11 Å². The lowest BCUT2D eigenvalue weighted by atomic mass is 9.98. The van der Waals surface area contributed by atoms with E-state index < -0.39 is 11.6 Å². The molecule has 0 fully saturated rings. The number of aldehydes is 1. The molecule has 4 heteroatoms. The molecule has 0 aromatic heterocycles. The van der Waals surface area contributed by atoms with Crippen molar-refractivity contribution in [3.05, 3.63) is 34.6 Å². The van der Waals surface area contributed by atoms with E-state index in [2.05, 4.69) is 0 Å². The Balaban J connectivity index is 2.58. The summed E-state index contributed by atoms with van der Waals surface area (Å²) in [6, 6.07) is 2.85. The molecule has 0 N–H and O–H groups in total. The van der Waals surface area contributed by atoms with E-state index in [9.17, 15) is 9.18 Å². The Kier molecular flexibility index (Phi) is 2.78. The van der Waals surface area contributed by atoms with Gasteiger partial charge in [-0.15, -0.1) is 0 Å². The zero-order chi connectivity index (χ0) is 11.8. The van der Waals surface area contributed by atoms with Crippen LogP contribution < -0.4 is 0 Å². The molecule has 16 heavy (non-hydrogen) atoms. The molecular weight excluding hydrogens is 211 g/mol. The third-order valence-corrected chi connectivity index (χ3v) is 3.02. The molecule has 1 aromatic rings. The molecule has 2 rings (SSSR count). The number of hydrogen-bond donors (Lipinski definition) is 0. The van der Waals surface area contributed by atoms with Crippen molar-refractivity contribution in [3.63, 3.8) is 0 Å². The summed E-state index contributed by atoms with van der Waals surface area (Å²) in [5.41, 5.74) is 1.53. The number of benzene rings is 1. The maximum Gasteiger partial charge on any atom is 0.194 e. The summed E-state index contributed by atoms with van der Waals surface area (Å²) in [7, 11) is 1.54. The van der Waals surface area contributed by atoms with Gasteiger partial charge in [0.2, 0.25) is 0 Å². The average molecular weight is 224 g/mol. The lowest BCUT2D eigenvalue weighted by Crippen LogP contribution is -2.26. The summed E-state index contributed by atoms with van der Waals surface area (Å²) in [4.78, 5) is 10.7. The molecule has 0 saturated carbocycles. The molecule has 3 nitrogen and oxygen atoms in total. The van der Waals surface area contributed by atoms with Crippen LogP contribution in [-0.2, 0) is 21.9 Å². The number of fused-ring (bicyclic) bond motifs is 1. The number of ether oxygens (including phenoxy) is 2. The number of carbonyl (C=O) groups excluding carboxylic acids is 1. The summed E-state index contributed by atoms with van der Waals surface area (Å²) in [5, 5.41) is 0. The van der Waals surface area contributed by atoms with Crippen molar-refractivity contribution in [1.29, 1.82) is 0 Å². The average Bonchev–Trinajstić information content (AvgIpc) is 2.66. The number of halogens is 1. The zero-order valence-corrected chi connectivity index (χ0v) is 9.25. The summed E-state index contributed by atoms with van der Waals surface area (Å²) >= 11 is 0. The Morgan fingerprint density at radius 2 is 2.38 bits per heavy atom. The van der Waals surface area contributed by atoms with E-state index in [1.807, 2.05) is 6.92 Å². The first-order chi connectivity index (χ1) is 7.66. The summed E-state index contributed by atoms with van der Waals surface area (Å²) < 4.78 is 24.3. The topological polar surface area (TPSA) is 35.5 Å². The van der Waals surface area contributed by atoms with Crippen LogP contribution in [0.4, 0.5) is 4.39 Å². The molecule has 0 aliphatic carbocycles. The molecule has 0 spiro atoms. The lowest BCUT2D eigenvalue weighted by Gasteiger charge is -2.26. The van der Waals surface area contributed by atoms with Crippen LogP contribution in [0, 0.1) is 5.82 Å². The molecule has 1 aliphatic heterocycles. The molecule has 1 heterocycles.